The van der Waals surface area contributed by atoms with E-state index < -0.39 is 72.3 Å². The molecule has 0 saturated heterocycles. The number of hydrogen-bond acceptors (Lipinski definition) is 10. The molecule has 2 aliphatic heterocycles. The molecule has 14 heteroatoms. The number of ketones is 1. The van der Waals surface area contributed by atoms with Crippen LogP contribution in [-0.4, -0.2) is 78.2 Å². The van der Waals surface area contributed by atoms with Gasteiger partial charge in [-0.2, -0.15) is 0 Å². The number of carbonyl (C=O) groups excluding carboxylic acids is 7. The summed E-state index contributed by atoms with van der Waals surface area (Å²) in [5.74, 6) is -4.55. The summed E-state index contributed by atoms with van der Waals surface area (Å²) in [6.45, 7) is 5.77. The Kier molecular flexibility index (Phi) is 15.1. The molecule has 2 heterocycles. The van der Waals surface area contributed by atoms with Crippen LogP contribution in [0.3, 0.4) is 0 Å². The number of carbonyl (C=O) groups is 7. The van der Waals surface area contributed by atoms with Gasteiger partial charge in [-0.3, -0.25) is 28.8 Å². The molecule has 2 aromatic rings. The first kappa shape index (κ1) is 41.5. The second-order valence-electron chi connectivity index (χ2n) is 14.7. The van der Waals surface area contributed by atoms with Crippen LogP contribution in [0.1, 0.15) is 90.2 Å². The fraction of sp³-hybridized carbons (Fsp3) is 0.525. The Bertz CT molecular complexity index is 1660. The summed E-state index contributed by atoms with van der Waals surface area (Å²) in [6, 6.07) is 12.0. The third-order valence-electron chi connectivity index (χ3n) is 9.06. The molecule has 3 atom stereocenters. The summed E-state index contributed by atoms with van der Waals surface area (Å²) < 4.78 is 17.1. The van der Waals surface area contributed by atoms with E-state index in [1.54, 1.807) is 52.0 Å². The van der Waals surface area contributed by atoms with E-state index in [-0.39, 0.29) is 31.1 Å². The lowest BCUT2D eigenvalue weighted by atomic mass is 9.83. The average Bonchev–Trinajstić information content (AvgIpc) is 3.13. The van der Waals surface area contributed by atoms with Crippen molar-refractivity contribution in [2.75, 3.05) is 13.1 Å². The molecule has 0 radical (unpaired) electrons. The Morgan fingerprint density at radius 3 is 2.30 bits per heavy atom. The minimum Gasteiger partial charge on any atom is -0.459 e. The fourth-order valence-electron chi connectivity index (χ4n) is 6.39. The highest BCUT2D eigenvalue weighted by Crippen LogP contribution is 2.29. The highest BCUT2D eigenvalue weighted by atomic mass is 16.6. The maximum absolute atomic E-state index is 14.0. The number of esters is 2. The van der Waals surface area contributed by atoms with E-state index >= 15 is 0 Å². The van der Waals surface area contributed by atoms with Gasteiger partial charge < -0.3 is 35.5 Å². The minimum absolute atomic E-state index is 0.0756. The highest BCUT2D eigenvalue weighted by molar-refractivity contribution is 6.38. The van der Waals surface area contributed by atoms with Crippen LogP contribution < -0.4 is 26.0 Å². The second-order valence-corrected chi connectivity index (χ2v) is 14.7. The van der Waals surface area contributed by atoms with Gasteiger partial charge in [-0.1, -0.05) is 56.9 Å². The second kappa shape index (κ2) is 19.7. The van der Waals surface area contributed by atoms with Gasteiger partial charge in [0.15, 0.2) is 6.10 Å². The number of nitrogens with one attached hydrogen (secondary N) is 4. The monoisotopic (exact) mass is 748 g/mol. The van der Waals surface area contributed by atoms with Crippen LogP contribution in [0.25, 0.3) is 0 Å². The molecule has 1 unspecified atom stereocenters. The van der Waals surface area contributed by atoms with Crippen molar-refractivity contribution in [3.8, 4) is 11.5 Å². The fourth-order valence-corrected chi connectivity index (χ4v) is 6.39. The van der Waals surface area contributed by atoms with E-state index in [1.807, 2.05) is 24.3 Å². The Morgan fingerprint density at radius 2 is 1.61 bits per heavy atom. The number of aryl methyl sites for hydroxylation is 1. The molecule has 5 rings (SSSR count). The van der Waals surface area contributed by atoms with E-state index in [9.17, 15) is 33.6 Å². The molecule has 14 nitrogen and oxygen atoms in total. The van der Waals surface area contributed by atoms with Gasteiger partial charge in [0.2, 0.25) is 17.6 Å². The molecule has 54 heavy (non-hydrogen) atoms. The maximum atomic E-state index is 14.0. The van der Waals surface area contributed by atoms with E-state index in [0.717, 1.165) is 24.8 Å². The quantitative estimate of drug-likeness (QED) is 0.196. The van der Waals surface area contributed by atoms with Crippen molar-refractivity contribution in [2.24, 2.45) is 5.92 Å². The molecule has 3 aliphatic rings. The first-order valence-corrected chi connectivity index (χ1v) is 18.7. The lowest BCUT2D eigenvalue weighted by Crippen LogP contribution is -2.53. The molecular formula is C40H52N4O10. The van der Waals surface area contributed by atoms with Crippen LogP contribution in [-0.2, 0) is 55.9 Å². The standard InChI is InChI=1S/C40H52N4O10/c1-5-10-30(36(48)38(50)42-23-33(46)41-24-34(47)54-40(2,3)4)43-37(49)31-22-26-11-9-14-29(21-26)52-28-18-15-25(16-19-28)17-20-32(45)44-35(39(51)53-31)27-12-7-6-8-13-27/h9,11,14-16,18-19,21,27,30-31,35H,5-8,10,12-13,17,20,22-24H2,1-4H3,(H,41,46)(H,42,50)(H,43,49)(H,44,45)/t30?,31-,35-/m0/s1. The molecule has 2 aromatic carbocycles. The van der Waals surface area contributed by atoms with Gasteiger partial charge in [-0.05, 0) is 87.8 Å². The van der Waals surface area contributed by atoms with Crippen molar-refractivity contribution >= 4 is 41.4 Å². The van der Waals surface area contributed by atoms with Crippen LogP contribution in [0.2, 0.25) is 0 Å². The SMILES string of the molecule is CCCC(NC(=O)[C@@H]1Cc2cccc(c2)Oc2ccc(cc2)CCC(=O)N[C@@H](C2CCCCC2)C(=O)O1)C(=O)C(=O)NCC(=O)NCC(=O)OC(C)(C)C. The van der Waals surface area contributed by atoms with Crippen molar-refractivity contribution in [2.45, 2.75) is 116 Å². The largest absolute Gasteiger partial charge is 0.459 e. The summed E-state index contributed by atoms with van der Waals surface area (Å²) in [5.41, 5.74) is 0.770. The average molecular weight is 749 g/mol. The summed E-state index contributed by atoms with van der Waals surface area (Å²) >= 11 is 0. The Hall–Kier alpha value is -5.27. The van der Waals surface area contributed by atoms with Crippen LogP contribution >= 0.6 is 0 Å². The molecule has 1 saturated carbocycles. The topological polar surface area (TPSA) is 195 Å². The number of fused-ring (bicyclic) bond motifs is 10. The Morgan fingerprint density at radius 1 is 0.889 bits per heavy atom. The van der Waals surface area contributed by atoms with Gasteiger partial charge in [-0.15, -0.1) is 0 Å². The van der Waals surface area contributed by atoms with Crippen molar-refractivity contribution in [3.63, 3.8) is 0 Å². The number of ether oxygens (including phenoxy) is 3. The molecule has 292 valence electrons. The van der Waals surface area contributed by atoms with Crippen LogP contribution in [0, 0.1) is 5.92 Å². The normalized spacial score (nSPS) is 18.8. The van der Waals surface area contributed by atoms with Crippen LogP contribution in [0.5, 0.6) is 11.5 Å². The molecule has 4 amide bonds. The molecule has 4 bridgehead atoms. The zero-order chi connectivity index (χ0) is 39.3. The van der Waals surface area contributed by atoms with Crippen molar-refractivity contribution in [1.29, 1.82) is 0 Å². The first-order chi connectivity index (χ1) is 25.7. The summed E-state index contributed by atoms with van der Waals surface area (Å²) in [7, 11) is 0. The zero-order valence-corrected chi connectivity index (χ0v) is 31.5. The predicted molar refractivity (Wildman–Crippen MR) is 197 cm³/mol. The van der Waals surface area contributed by atoms with Gasteiger partial charge >= 0.3 is 11.9 Å². The number of benzene rings is 2. The van der Waals surface area contributed by atoms with E-state index in [2.05, 4.69) is 21.3 Å². The number of hydrogen-bond donors (Lipinski definition) is 4. The van der Waals surface area contributed by atoms with E-state index in [0.29, 0.717) is 42.7 Å². The molecule has 1 fully saturated rings. The van der Waals surface area contributed by atoms with Gasteiger partial charge in [0, 0.05) is 12.8 Å². The summed E-state index contributed by atoms with van der Waals surface area (Å²) in [5, 5.41) is 10.0. The lowest BCUT2D eigenvalue weighted by molar-refractivity contribution is -0.160. The third-order valence-corrected chi connectivity index (χ3v) is 9.06. The molecule has 0 spiro atoms. The molecular weight excluding hydrogens is 696 g/mol. The van der Waals surface area contributed by atoms with Crippen LogP contribution in [0.15, 0.2) is 48.5 Å². The van der Waals surface area contributed by atoms with Gasteiger partial charge in [0.05, 0.1) is 12.6 Å². The van der Waals surface area contributed by atoms with Gasteiger partial charge in [0.25, 0.3) is 11.8 Å². The van der Waals surface area contributed by atoms with Crippen molar-refractivity contribution < 1.29 is 47.8 Å². The maximum Gasteiger partial charge on any atom is 0.329 e. The predicted octanol–water partition coefficient (Wildman–Crippen LogP) is 3.37. The lowest BCUT2D eigenvalue weighted by Gasteiger charge is -2.31. The third kappa shape index (κ3) is 13.3. The minimum atomic E-state index is -1.45. The highest BCUT2D eigenvalue weighted by Gasteiger charge is 2.37. The van der Waals surface area contributed by atoms with Crippen molar-refractivity contribution in [1.82, 2.24) is 21.3 Å². The number of Topliss-reactive ketones (excluding diaryl/α,β-unsaturated/α-hetero) is 1. The first-order valence-electron chi connectivity index (χ1n) is 18.7. The van der Waals surface area contributed by atoms with E-state index in [4.69, 9.17) is 14.2 Å². The van der Waals surface area contributed by atoms with Crippen LogP contribution in [0.4, 0.5) is 0 Å². The molecule has 0 aromatic heterocycles. The van der Waals surface area contributed by atoms with Crippen molar-refractivity contribution in [3.05, 3.63) is 59.7 Å². The summed E-state index contributed by atoms with van der Waals surface area (Å²) in [6.07, 6.45) is 3.72. The number of amides is 4. The van der Waals surface area contributed by atoms with Gasteiger partial charge in [-0.25, -0.2) is 4.79 Å². The smallest absolute Gasteiger partial charge is 0.329 e. The molecule has 1 aliphatic carbocycles. The van der Waals surface area contributed by atoms with Gasteiger partial charge in [0.1, 0.15) is 29.7 Å². The Balaban J connectivity index is 1.52. The zero-order valence-electron chi connectivity index (χ0n) is 31.5. The molecule has 4 N–H and O–H groups in total. The number of rotatable bonds is 11. The van der Waals surface area contributed by atoms with E-state index in [1.165, 1.54) is 0 Å². The Labute approximate surface area is 315 Å². The summed E-state index contributed by atoms with van der Waals surface area (Å²) in [4.78, 5) is 91.5.